The Bertz CT molecular complexity index is 1540. The van der Waals surface area contributed by atoms with Crippen molar-refractivity contribution >= 4 is 28.5 Å². The lowest BCUT2D eigenvalue weighted by Gasteiger charge is -2.30. The van der Waals surface area contributed by atoms with E-state index < -0.39 is 17.6 Å². The standard InChI is InChI=1S/C29H26N4O4/c1-30-26-14-29(19-7-4-3-6-16(19)12-25(29)34)15-32(26)28(36)23-11-17-10-22(17)33(23)27(35)21-13-18-20(31-21)8-5-9-24(18)37-2/h3-9,13,17,22-23,26,31H,10-12,14-15H2,2H3/t17-,22-,23+,26+,29+/m1/s1. The van der Waals surface area contributed by atoms with E-state index in [4.69, 9.17) is 11.3 Å². The zero-order valence-corrected chi connectivity index (χ0v) is 20.4. The van der Waals surface area contributed by atoms with Crippen molar-refractivity contribution in [3.8, 4) is 5.75 Å². The Hall–Kier alpha value is -4.12. The molecule has 2 saturated heterocycles. The van der Waals surface area contributed by atoms with Crippen LogP contribution in [0.1, 0.15) is 40.9 Å². The molecule has 186 valence electrons. The summed E-state index contributed by atoms with van der Waals surface area (Å²) in [5, 5.41) is 0.815. The minimum absolute atomic E-state index is 0.0338. The van der Waals surface area contributed by atoms with Gasteiger partial charge in [-0.25, -0.2) is 6.57 Å². The molecule has 1 saturated carbocycles. The Morgan fingerprint density at radius 1 is 1.16 bits per heavy atom. The number of ketones is 1. The van der Waals surface area contributed by atoms with Gasteiger partial charge in [-0.05, 0) is 48.1 Å². The van der Waals surface area contributed by atoms with E-state index in [1.165, 1.54) is 0 Å². The monoisotopic (exact) mass is 494 g/mol. The van der Waals surface area contributed by atoms with Crippen molar-refractivity contribution in [2.75, 3.05) is 13.7 Å². The SMILES string of the molecule is [C-]#[N+][C@@H]1C[C@@]2(CN1C(=O)[C@@H]1C[C@H]3C[C@H]3N1C(=O)c1cc3c(OC)cccc3[nH]1)C(=O)Cc1ccccc12. The summed E-state index contributed by atoms with van der Waals surface area (Å²) in [7, 11) is 1.59. The van der Waals surface area contributed by atoms with E-state index in [9.17, 15) is 14.4 Å². The molecule has 5 atom stereocenters. The smallest absolute Gasteiger partial charge is 0.302 e. The van der Waals surface area contributed by atoms with Crippen LogP contribution in [0.2, 0.25) is 0 Å². The largest absolute Gasteiger partial charge is 0.496 e. The first-order valence-corrected chi connectivity index (χ1v) is 12.7. The fraction of sp³-hybridized carbons (Fsp3) is 0.379. The molecule has 1 N–H and O–H groups in total. The highest BCUT2D eigenvalue weighted by molar-refractivity contribution is 6.03. The van der Waals surface area contributed by atoms with E-state index in [0.717, 1.165) is 28.5 Å². The summed E-state index contributed by atoms with van der Waals surface area (Å²) in [5.41, 5.74) is 2.32. The van der Waals surface area contributed by atoms with Gasteiger partial charge in [0.1, 0.15) is 23.3 Å². The lowest BCUT2D eigenvalue weighted by molar-refractivity contribution is -0.136. The molecule has 2 aliphatic carbocycles. The Morgan fingerprint density at radius 2 is 2.00 bits per heavy atom. The molecule has 3 heterocycles. The molecule has 0 bridgehead atoms. The van der Waals surface area contributed by atoms with Gasteiger partial charge in [0, 0.05) is 29.9 Å². The van der Waals surface area contributed by atoms with E-state index in [1.807, 2.05) is 42.5 Å². The van der Waals surface area contributed by atoms with Crippen LogP contribution in [0.4, 0.5) is 0 Å². The molecule has 1 aromatic heterocycles. The normalized spacial score (nSPS) is 29.5. The number of fused-ring (bicyclic) bond motifs is 4. The highest BCUT2D eigenvalue weighted by Gasteiger charge is 2.62. The van der Waals surface area contributed by atoms with Crippen molar-refractivity contribution in [2.24, 2.45) is 5.92 Å². The van der Waals surface area contributed by atoms with Crippen LogP contribution < -0.4 is 4.74 Å². The van der Waals surface area contributed by atoms with E-state index in [2.05, 4.69) is 9.83 Å². The minimum Gasteiger partial charge on any atom is -0.496 e. The second kappa shape index (κ2) is 7.69. The van der Waals surface area contributed by atoms with Gasteiger partial charge in [0.05, 0.1) is 18.9 Å². The molecule has 2 aliphatic heterocycles. The molecule has 3 aromatic rings. The molecule has 2 aromatic carbocycles. The van der Waals surface area contributed by atoms with E-state index in [-0.39, 0.29) is 30.2 Å². The first-order chi connectivity index (χ1) is 17.9. The third kappa shape index (κ3) is 3.03. The van der Waals surface area contributed by atoms with Gasteiger partial charge in [-0.3, -0.25) is 24.1 Å². The van der Waals surface area contributed by atoms with Crippen LogP contribution in [0.5, 0.6) is 5.75 Å². The van der Waals surface area contributed by atoms with Crippen molar-refractivity contribution in [1.82, 2.24) is 14.8 Å². The number of carbonyl (C=O) groups is 3. The summed E-state index contributed by atoms with van der Waals surface area (Å²) in [6, 6.07) is 14.5. The number of benzene rings is 2. The van der Waals surface area contributed by atoms with Crippen LogP contribution in [0.15, 0.2) is 48.5 Å². The van der Waals surface area contributed by atoms with Gasteiger partial charge in [-0.15, -0.1) is 0 Å². The Kier molecular flexibility index (Phi) is 4.59. The van der Waals surface area contributed by atoms with Gasteiger partial charge in [0.25, 0.3) is 11.8 Å². The third-order valence-electron chi connectivity index (χ3n) is 8.88. The topological polar surface area (TPSA) is 87.1 Å². The van der Waals surface area contributed by atoms with E-state index in [0.29, 0.717) is 36.6 Å². The molecule has 1 spiro atoms. The van der Waals surface area contributed by atoms with Crippen molar-refractivity contribution in [1.29, 1.82) is 0 Å². The van der Waals surface area contributed by atoms with Gasteiger partial charge in [0.15, 0.2) is 0 Å². The molecule has 7 rings (SSSR count). The average Bonchev–Trinajstić information content (AvgIpc) is 3.27. The number of aromatic nitrogens is 1. The summed E-state index contributed by atoms with van der Waals surface area (Å²) in [5.74, 6) is 0.622. The Labute approximate surface area is 214 Å². The number of aromatic amines is 1. The molecule has 2 amide bonds. The van der Waals surface area contributed by atoms with Gasteiger partial charge in [0.2, 0.25) is 0 Å². The highest BCUT2D eigenvalue weighted by Crippen LogP contribution is 2.51. The number of methoxy groups -OCH3 is 1. The minimum atomic E-state index is -0.828. The lowest BCUT2D eigenvalue weighted by Crippen LogP contribution is -2.51. The maximum atomic E-state index is 14.0. The number of nitrogens with zero attached hydrogens (tertiary/aromatic N) is 3. The number of hydrogen-bond donors (Lipinski definition) is 1. The maximum Gasteiger partial charge on any atom is 0.302 e. The Morgan fingerprint density at radius 3 is 2.81 bits per heavy atom. The number of carbonyl (C=O) groups excluding carboxylic acids is 3. The summed E-state index contributed by atoms with van der Waals surface area (Å²) in [4.78, 5) is 51.3. The first-order valence-electron chi connectivity index (χ1n) is 12.7. The van der Waals surface area contributed by atoms with E-state index in [1.54, 1.807) is 23.0 Å². The molecular weight excluding hydrogens is 468 g/mol. The fourth-order valence-electron chi connectivity index (χ4n) is 6.97. The van der Waals surface area contributed by atoms with Crippen LogP contribution in [0.25, 0.3) is 15.7 Å². The van der Waals surface area contributed by atoms with Crippen LogP contribution >= 0.6 is 0 Å². The molecule has 0 unspecified atom stereocenters. The fourth-order valence-corrected chi connectivity index (χ4v) is 6.97. The van der Waals surface area contributed by atoms with Crippen molar-refractivity contribution in [3.05, 3.63) is 76.8 Å². The molecule has 4 aliphatic rings. The van der Waals surface area contributed by atoms with E-state index >= 15 is 0 Å². The van der Waals surface area contributed by atoms with Crippen LogP contribution in [0.3, 0.4) is 0 Å². The van der Waals surface area contributed by atoms with Crippen molar-refractivity contribution < 1.29 is 19.1 Å². The second-order valence-corrected chi connectivity index (χ2v) is 10.8. The average molecular weight is 495 g/mol. The summed E-state index contributed by atoms with van der Waals surface area (Å²) >= 11 is 0. The first kappa shape index (κ1) is 22.1. The zero-order chi connectivity index (χ0) is 25.5. The number of amides is 2. The summed E-state index contributed by atoms with van der Waals surface area (Å²) in [6.45, 7) is 8.03. The predicted octanol–water partition coefficient (Wildman–Crippen LogP) is 3.32. The number of hydrogen-bond acceptors (Lipinski definition) is 4. The molecule has 8 nitrogen and oxygen atoms in total. The van der Waals surface area contributed by atoms with Gasteiger partial charge in [-0.1, -0.05) is 30.3 Å². The molecule has 3 fully saturated rings. The quantitative estimate of drug-likeness (QED) is 0.566. The van der Waals surface area contributed by atoms with Gasteiger partial charge in [-0.2, -0.15) is 0 Å². The van der Waals surface area contributed by atoms with Crippen molar-refractivity contribution in [2.45, 2.75) is 49.3 Å². The Balaban J connectivity index is 1.20. The third-order valence-corrected chi connectivity index (χ3v) is 8.88. The van der Waals surface area contributed by atoms with Crippen LogP contribution in [-0.2, 0) is 21.4 Å². The van der Waals surface area contributed by atoms with Gasteiger partial charge >= 0.3 is 6.17 Å². The number of Topliss-reactive ketones (excluding diaryl/α,β-unsaturated/α-hetero) is 1. The number of H-pyrrole nitrogens is 1. The molecule has 0 radical (unpaired) electrons. The summed E-state index contributed by atoms with van der Waals surface area (Å²) < 4.78 is 5.44. The molecular formula is C29H26N4O4. The molecule has 8 heteroatoms. The maximum absolute atomic E-state index is 14.0. The zero-order valence-electron chi connectivity index (χ0n) is 20.4. The number of rotatable bonds is 3. The molecule has 37 heavy (non-hydrogen) atoms. The van der Waals surface area contributed by atoms with Crippen LogP contribution in [0, 0.1) is 12.5 Å². The number of likely N-dealkylation sites (tertiary alicyclic amines) is 2. The predicted molar refractivity (Wildman–Crippen MR) is 135 cm³/mol. The second-order valence-electron chi connectivity index (χ2n) is 10.8. The van der Waals surface area contributed by atoms with Crippen LogP contribution in [-0.4, -0.2) is 64.3 Å². The number of ether oxygens (including phenoxy) is 1. The summed E-state index contributed by atoms with van der Waals surface area (Å²) in [6.07, 6.45) is 1.42. The van der Waals surface area contributed by atoms with Crippen molar-refractivity contribution in [3.63, 3.8) is 0 Å². The van der Waals surface area contributed by atoms with Gasteiger partial charge < -0.3 is 14.6 Å². The number of piperidine rings is 1. The lowest BCUT2D eigenvalue weighted by atomic mass is 9.80. The highest BCUT2D eigenvalue weighted by atomic mass is 16.5. The number of nitrogens with one attached hydrogen (secondary N) is 1.